The van der Waals surface area contributed by atoms with Crippen LogP contribution in [0.5, 0.6) is 0 Å². The molecule has 0 fully saturated rings. The van der Waals surface area contributed by atoms with E-state index in [2.05, 4.69) is 36.1 Å². The molecule has 0 amide bonds. The van der Waals surface area contributed by atoms with Gasteiger partial charge >= 0.3 is 5.97 Å². The maximum atomic E-state index is 10.5. The van der Waals surface area contributed by atoms with Gasteiger partial charge in [0, 0.05) is 19.0 Å². The Kier molecular flexibility index (Phi) is 3.79. The summed E-state index contributed by atoms with van der Waals surface area (Å²) < 4.78 is 0. The quantitative estimate of drug-likeness (QED) is 0.867. The number of carboxylic acid groups (broad SMARTS) is 1. The highest BCUT2D eigenvalue weighted by Crippen LogP contribution is 2.23. The number of aliphatic carboxylic acids is 1. The van der Waals surface area contributed by atoms with Gasteiger partial charge in [-0.2, -0.15) is 0 Å². The topological polar surface area (TPSA) is 40.5 Å². The summed E-state index contributed by atoms with van der Waals surface area (Å²) in [6.07, 6.45) is 2.08. The summed E-state index contributed by atoms with van der Waals surface area (Å²) in [4.78, 5) is 12.9. The van der Waals surface area contributed by atoms with Gasteiger partial charge in [-0.15, -0.1) is 0 Å². The lowest BCUT2D eigenvalue weighted by Crippen LogP contribution is -2.39. The predicted molar refractivity (Wildman–Crippen MR) is 66.9 cm³/mol. The molecule has 3 heteroatoms. The molecule has 1 heterocycles. The molecular formula is C14H19NO2. The Morgan fingerprint density at radius 3 is 2.82 bits per heavy atom. The Balaban J connectivity index is 1.95. The van der Waals surface area contributed by atoms with E-state index in [-0.39, 0.29) is 6.42 Å². The van der Waals surface area contributed by atoms with Crippen LogP contribution in [0.2, 0.25) is 0 Å². The standard InChI is InChI=1S/C14H19NO2/c1-11-9-12-5-2-3-6-13(12)10-15(11)8-4-7-14(16)17/h2-3,5-6,11H,4,7-10H2,1H3,(H,16,17). The van der Waals surface area contributed by atoms with Crippen molar-refractivity contribution in [3.8, 4) is 0 Å². The molecule has 0 spiro atoms. The molecule has 0 bridgehead atoms. The zero-order valence-corrected chi connectivity index (χ0v) is 10.2. The van der Waals surface area contributed by atoms with Crippen LogP contribution in [0.3, 0.4) is 0 Å². The Morgan fingerprint density at radius 1 is 1.41 bits per heavy atom. The van der Waals surface area contributed by atoms with Crippen LogP contribution in [0.25, 0.3) is 0 Å². The van der Waals surface area contributed by atoms with Gasteiger partial charge in [-0.25, -0.2) is 0 Å². The number of fused-ring (bicyclic) bond motifs is 1. The number of rotatable bonds is 4. The molecule has 1 aliphatic rings. The molecule has 0 saturated carbocycles. The normalized spacial score (nSPS) is 19.9. The third-order valence-electron chi connectivity index (χ3n) is 3.47. The summed E-state index contributed by atoms with van der Waals surface area (Å²) in [5.41, 5.74) is 2.83. The number of hydrogen-bond acceptors (Lipinski definition) is 2. The molecule has 1 atom stereocenters. The average Bonchev–Trinajstić information content (AvgIpc) is 2.29. The zero-order valence-electron chi connectivity index (χ0n) is 10.2. The lowest BCUT2D eigenvalue weighted by molar-refractivity contribution is -0.137. The van der Waals surface area contributed by atoms with Crippen molar-refractivity contribution in [2.45, 2.75) is 38.8 Å². The molecule has 0 radical (unpaired) electrons. The van der Waals surface area contributed by atoms with Gasteiger partial charge in [0.1, 0.15) is 0 Å². The van der Waals surface area contributed by atoms with Crippen molar-refractivity contribution in [3.05, 3.63) is 35.4 Å². The van der Waals surface area contributed by atoms with Crippen molar-refractivity contribution < 1.29 is 9.90 Å². The second-order valence-corrected chi connectivity index (χ2v) is 4.79. The summed E-state index contributed by atoms with van der Waals surface area (Å²) in [5, 5.41) is 8.65. The molecule has 0 aliphatic carbocycles. The highest BCUT2D eigenvalue weighted by Gasteiger charge is 2.21. The van der Waals surface area contributed by atoms with Gasteiger partial charge in [0.15, 0.2) is 0 Å². The lowest BCUT2D eigenvalue weighted by Gasteiger charge is -2.34. The molecule has 0 aromatic heterocycles. The second kappa shape index (κ2) is 5.32. The predicted octanol–water partition coefficient (Wildman–Crippen LogP) is 2.30. The fraction of sp³-hybridized carbons (Fsp3) is 0.500. The largest absolute Gasteiger partial charge is 0.481 e. The Hall–Kier alpha value is -1.35. The summed E-state index contributed by atoms with van der Waals surface area (Å²) in [7, 11) is 0. The van der Waals surface area contributed by atoms with Gasteiger partial charge in [-0.1, -0.05) is 24.3 Å². The fourth-order valence-electron chi connectivity index (χ4n) is 2.47. The first-order valence-corrected chi connectivity index (χ1v) is 6.19. The van der Waals surface area contributed by atoms with Crippen molar-refractivity contribution in [2.24, 2.45) is 0 Å². The van der Waals surface area contributed by atoms with Crippen LogP contribution in [0.15, 0.2) is 24.3 Å². The smallest absolute Gasteiger partial charge is 0.303 e. The molecule has 17 heavy (non-hydrogen) atoms. The van der Waals surface area contributed by atoms with Gasteiger partial charge in [-0.05, 0) is 37.4 Å². The molecule has 0 saturated heterocycles. The first kappa shape index (κ1) is 12.1. The van der Waals surface area contributed by atoms with Crippen LogP contribution in [-0.4, -0.2) is 28.6 Å². The van der Waals surface area contributed by atoms with Gasteiger partial charge in [-0.3, -0.25) is 9.69 Å². The fourth-order valence-corrected chi connectivity index (χ4v) is 2.47. The van der Waals surface area contributed by atoms with Crippen LogP contribution in [0.4, 0.5) is 0 Å². The van der Waals surface area contributed by atoms with E-state index in [4.69, 9.17) is 5.11 Å². The Labute approximate surface area is 102 Å². The summed E-state index contributed by atoms with van der Waals surface area (Å²) in [6.45, 7) is 4.05. The van der Waals surface area contributed by atoms with Crippen molar-refractivity contribution >= 4 is 5.97 Å². The first-order valence-electron chi connectivity index (χ1n) is 6.19. The molecule has 1 N–H and O–H groups in total. The Morgan fingerprint density at radius 2 is 2.12 bits per heavy atom. The maximum Gasteiger partial charge on any atom is 0.303 e. The van der Waals surface area contributed by atoms with Gasteiger partial charge < -0.3 is 5.11 Å². The number of benzene rings is 1. The van der Waals surface area contributed by atoms with E-state index in [1.807, 2.05) is 0 Å². The zero-order chi connectivity index (χ0) is 12.3. The van der Waals surface area contributed by atoms with Crippen molar-refractivity contribution in [2.75, 3.05) is 6.54 Å². The SMILES string of the molecule is CC1Cc2ccccc2CN1CCCC(=O)O. The summed E-state index contributed by atoms with van der Waals surface area (Å²) >= 11 is 0. The van der Waals surface area contributed by atoms with Crippen molar-refractivity contribution in [1.82, 2.24) is 4.90 Å². The highest BCUT2D eigenvalue weighted by atomic mass is 16.4. The summed E-state index contributed by atoms with van der Waals surface area (Å²) in [6, 6.07) is 9.04. The van der Waals surface area contributed by atoms with Crippen LogP contribution in [0.1, 0.15) is 30.9 Å². The van der Waals surface area contributed by atoms with Crippen LogP contribution >= 0.6 is 0 Å². The van der Waals surface area contributed by atoms with Gasteiger partial charge in [0.2, 0.25) is 0 Å². The molecule has 1 aromatic rings. The average molecular weight is 233 g/mol. The van der Waals surface area contributed by atoms with Crippen LogP contribution in [-0.2, 0) is 17.8 Å². The van der Waals surface area contributed by atoms with Gasteiger partial charge in [0.25, 0.3) is 0 Å². The number of carboxylic acids is 1. The third-order valence-corrected chi connectivity index (χ3v) is 3.47. The molecule has 2 rings (SSSR count). The highest BCUT2D eigenvalue weighted by molar-refractivity contribution is 5.66. The number of nitrogens with zero attached hydrogens (tertiary/aromatic N) is 1. The van der Waals surface area contributed by atoms with E-state index in [0.717, 1.165) is 25.9 Å². The molecule has 92 valence electrons. The first-order chi connectivity index (χ1) is 8.16. The molecular weight excluding hydrogens is 214 g/mol. The van der Waals surface area contributed by atoms with E-state index in [1.54, 1.807) is 0 Å². The molecule has 1 unspecified atom stereocenters. The summed E-state index contributed by atoms with van der Waals surface area (Å²) in [5.74, 6) is -0.699. The molecule has 1 aromatic carbocycles. The van der Waals surface area contributed by atoms with Crippen molar-refractivity contribution in [3.63, 3.8) is 0 Å². The number of carbonyl (C=O) groups is 1. The minimum Gasteiger partial charge on any atom is -0.481 e. The van der Waals surface area contributed by atoms with Gasteiger partial charge in [0.05, 0.1) is 0 Å². The van der Waals surface area contributed by atoms with Crippen molar-refractivity contribution in [1.29, 1.82) is 0 Å². The minimum atomic E-state index is -0.699. The molecule has 3 nitrogen and oxygen atoms in total. The second-order valence-electron chi connectivity index (χ2n) is 4.79. The van der Waals surface area contributed by atoms with E-state index >= 15 is 0 Å². The maximum absolute atomic E-state index is 10.5. The minimum absolute atomic E-state index is 0.269. The lowest BCUT2D eigenvalue weighted by atomic mass is 9.95. The molecule has 1 aliphatic heterocycles. The van der Waals surface area contributed by atoms with Crippen LogP contribution in [0, 0.1) is 0 Å². The Bertz CT molecular complexity index is 403. The van der Waals surface area contributed by atoms with E-state index in [1.165, 1.54) is 11.1 Å². The van der Waals surface area contributed by atoms with E-state index < -0.39 is 5.97 Å². The van der Waals surface area contributed by atoms with E-state index in [9.17, 15) is 4.79 Å². The number of hydrogen-bond donors (Lipinski definition) is 1. The third kappa shape index (κ3) is 3.07. The van der Waals surface area contributed by atoms with Crippen LogP contribution < -0.4 is 0 Å². The van der Waals surface area contributed by atoms with E-state index in [0.29, 0.717) is 6.04 Å². The monoisotopic (exact) mass is 233 g/mol.